The summed E-state index contributed by atoms with van der Waals surface area (Å²) in [6, 6.07) is 8.19. The highest BCUT2D eigenvalue weighted by atomic mass is 32.1. The number of thiazole rings is 1. The highest BCUT2D eigenvalue weighted by molar-refractivity contribution is 7.13. The number of nitro benzene ring substituents is 1. The number of carbonyl (C=O) groups is 1. The van der Waals surface area contributed by atoms with Gasteiger partial charge in [-0.15, -0.1) is 11.3 Å². The molecule has 34 heavy (non-hydrogen) atoms. The van der Waals surface area contributed by atoms with Crippen LogP contribution in [0.25, 0.3) is 0 Å². The molecular formula is C22H21FN4O6S. The third-order valence-electron chi connectivity index (χ3n) is 4.36. The van der Waals surface area contributed by atoms with Gasteiger partial charge in [-0.3, -0.25) is 20.3 Å². The molecule has 0 unspecified atom stereocenters. The number of hydrazone groups is 1. The SMILES string of the molecule is CCOC(=O)Cc1csc(NN=Cc2ccc(OC)c(COc3cc(F)ccc3[N+](=O)[O-])c2)n1. The molecule has 0 radical (unpaired) electrons. The first-order chi connectivity index (χ1) is 16.4. The van der Waals surface area contributed by atoms with Gasteiger partial charge in [0.05, 0.1) is 37.0 Å². The van der Waals surface area contributed by atoms with E-state index in [0.29, 0.717) is 34.3 Å². The number of esters is 1. The Morgan fingerprint density at radius 2 is 2.12 bits per heavy atom. The molecule has 3 rings (SSSR count). The number of nitrogens with zero attached hydrogens (tertiary/aromatic N) is 3. The maximum atomic E-state index is 13.5. The van der Waals surface area contributed by atoms with E-state index in [1.165, 1.54) is 18.4 Å². The lowest BCUT2D eigenvalue weighted by molar-refractivity contribution is -0.386. The van der Waals surface area contributed by atoms with Crippen molar-refractivity contribution in [3.8, 4) is 11.5 Å². The first-order valence-electron chi connectivity index (χ1n) is 10.0. The minimum absolute atomic E-state index is 0.0844. The highest BCUT2D eigenvalue weighted by Gasteiger charge is 2.17. The van der Waals surface area contributed by atoms with Crippen LogP contribution in [-0.2, 0) is 22.6 Å². The first kappa shape index (κ1) is 24.6. The fraction of sp³-hybridized carbons (Fsp3) is 0.227. The number of rotatable bonds is 11. The fourth-order valence-electron chi connectivity index (χ4n) is 2.86. The maximum absolute atomic E-state index is 13.5. The zero-order valence-corrected chi connectivity index (χ0v) is 19.1. The molecule has 178 valence electrons. The Balaban J connectivity index is 1.67. The molecule has 12 heteroatoms. The number of nitro groups is 1. The Morgan fingerprint density at radius 1 is 1.29 bits per heavy atom. The number of aromatic nitrogens is 1. The van der Waals surface area contributed by atoms with E-state index >= 15 is 0 Å². The van der Waals surface area contributed by atoms with E-state index in [1.807, 2.05) is 0 Å². The molecular weight excluding hydrogens is 467 g/mol. The topological polar surface area (TPSA) is 125 Å². The van der Waals surface area contributed by atoms with Gasteiger partial charge in [0.15, 0.2) is 5.75 Å². The number of methoxy groups -OCH3 is 1. The predicted octanol–water partition coefficient (Wildman–Crippen LogP) is 4.33. The molecule has 0 aliphatic heterocycles. The summed E-state index contributed by atoms with van der Waals surface area (Å²) in [6.07, 6.45) is 1.63. The summed E-state index contributed by atoms with van der Waals surface area (Å²) in [5, 5.41) is 17.6. The van der Waals surface area contributed by atoms with E-state index in [1.54, 1.807) is 36.7 Å². The molecule has 10 nitrogen and oxygen atoms in total. The monoisotopic (exact) mass is 488 g/mol. The molecule has 0 fully saturated rings. The molecule has 0 spiro atoms. The Morgan fingerprint density at radius 3 is 2.85 bits per heavy atom. The Hall–Kier alpha value is -4.06. The fourth-order valence-corrected chi connectivity index (χ4v) is 3.52. The maximum Gasteiger partial charge on any atom is 0.311 e. The second-order valence-electron chi connectivity index (χ2n) is 6.72. The smallest absolute Gasteiger partial charge is 0.311 e. The van der Waals surface area contributed by atoms with Crippen LogP contribution in [0.2, 0.25) is 0 Å². The quantitative estimate of drug-likeness (QED) is 0.183. The van der Waals surface area contributed by atoms with Crippen molar-refractivity contribution in [1.82, 2.24) is 4.98 Å². The van der Waals surface area contributed by atoms with Crippen LogP contribution in [0, 0.1) is 15.9 Å². The third kappa shape index (κ3) is 6.72. The summed E-state index contributed by atoms with van der Waals surface area (Å²) < 4.78 is 29.3. The van der Waals surface area contributed by atoms with Crippen molar-refractivity contribution in [2.45, 2.75) is 20.0 Å². The van der Waals surface area contributed by atoms with Crippen molar-refractivity contribution in [3.63, 3.8) is 0 Å². The summed E-state index contributed by atoms with van der Waals surface area (Å²) in [5.41, 5.74) is 4.30. The zero-order chi connectivity index (χ0) is 24.5. The summed E-state index contributed by atoms with van der Waals surface area (Å²) >= 11 is 1.30. The van der Waals surface area contributed by atoms with Gasteiger partial charge in [0, 0.05) is 23.1 Å². The lowest BCUT2D eigenvalue weighted by atomic mass is 10.1. The van der Waals surface area contributed by atoms with Crippen LogP contribution >= 0.6 is 11.3 Å². The zero-order valence-electron chi connectivity index (χ0n) is 18.3. The number of hydrogen-bond acceptors (Lipinski definition) is 10. The molecule has 2 aromatic carbocycles. The molecule has 0 saturated carbocycles. The first-order valence-corrected chi connectivity index (χ1v) is 10.9. The Bertz CT molecular complexity index is 1200. The van der Waals surface area contributed by atoms with Crippen molar-refractivity contribution >= 4 is 34.3 Å². The molecule has 0 bridgehead atoms. The number of anilines is 1. The van der Waals surface area contributed by atoms with Gasteiger partial charge in [-0.25, -0.2) is 9.37 Å². The van der Waals surface area contributed by atoms with Gasteiger partial charge in [0.1, 0.15) is 18.2 Å². The predicted molar refractivity (Wildman–Crippen MR) is 124 cm³/mol. The normalized spacial score (nSPS) is 10.8. The van der Waals surface area contributed by atoms with Crippen LogP contribution in [0.4, 0.5) is 15.2 Å². The van der Waals surface area contributed by atoms with Gasteiger partial charge in [-0.05, 0) is 36.8 Å². The van der Waals surface area contributed by atoms with E-state index < -0.39 is 10.7 Å². The molecule has 0 aliphatic rings. The molecule has 1 heterocycles. The van der Waals surface area contributed by atoms with Gasteiger partial charge < -0.3 is 14.2 Å². The molecule has 0 atom stereocenters. The summed E-state index contributed by atoms with van der Waals surface area (Å²) in [7, 11) is 1.48. The van der Waals surface area contributed by atoms with Gasteiger partial charge in [0.2, 0.25) is 5.13 Å². The van der Waals surface area contributed by atoms with Crippen molar-refractivity contribution in [3.05, 3.63) is 74.5 Å². The van der Waals surface area contributed by atoms with E-state index in [9.17, 15) is 19.3 Å². The van der Waals surface area contributed by atoms with E-state index in [2.05, 4.69) is 15.5 Å². The lowest BCUT2D eigenvalue weighted by Gasteiger charge is -2.11. The molecule has 0 amide bonds. The van der Waals surface area contributed by atoms with Crippen molar-refractivity contribution in [1.29, 1.82) is 0 Å². The number of carbonyl (C=O) groups excluding carboxylic acids is 1. The van der Waals surface area contributed by atoms with Crippen LogP contribution in [0.1, 0.15) is 23.7 Å². The van der Waals surface area contributed by atoms with Gasteiger partial charge >= 0.3 is 11.7 Å². The molecule has 0 aliphatic carbocycles. The number of nitrogens with one attached hydrogen (secondary N) is 1. The van der Waals surface area contributed by atoms with E-state index in [-0.39, 0.29) is 30.4 Å². The van der Waals surface area contributed by atoms with Gasteiger partial charge in [-0.2, -0.15) is 5.10 Å². The summed E-state index contributed by atoms with van der Waals surface area (Å²) in [6.45, 7) is 1.96. The second-order valence-corrected chi connectivity index (χ2v) is 7.58. The number of halogens is 1. The van der Waals surface area contributed by atoms with Crippen LogP contribution in [0.15, 0.2) is 46.9 Å². The lowest BCUT2D eigenvalue weighted by Crippen LogP contribution is -2.07. The Kier molecular flexibility index (Phi) is 8.46. The molecule has 1 N–H and O–H groups in total. The minimum atomic E-state index is -0.646. The standard InChI is InChI=1S/C22H21FN4O6S/c1-3-32-21(28)10-17-13-34-22(25-17)26-24-11-14-4-7-19(31-2)15(8-14)12-33-20-9-16(23)5-6-18(20)27(29)30/h4-9,11,13H,3,10,12H2,1-2H3,(H,25,26). The average Bonchev–Trinajstić information content (AvgIpc) is 3.24. The Labute approximate surface area is 198 Å². The second kappa shape index (κ2) is 11.7. The van der Waals surface area contributed by atoms with Crippen molar-refractivity contribution < 1.29 is 28.3 Å². The summed E-state index contributed by atoms with van der Waals surface area (Å²) in [4.78, 5) is 26.3. The minimum Gasteiger partial charge on any atom is -0.496 e. The average molecular weight is 488 g/mol. The van der Waals surface area contributed by atoms with Crippen molar-refractivity contribution in [2.24, 2.45) is 5.10 Å². The molecule has 1 aromatic heterocycles. The largest absolute Gasteiger partial charge is 0.496 e. The number of benzene rings is 2. The van der Waals surface area contributed by atoms with Crippen LogP contribution in [0.3, 0.4) is 0 Å². The van der Waals surface area contributed by atoms with Crippen LogP contribution in [-0.4, -0.2) is 35.8 Å². The van der Waals surface area contributed by atoms with Crippen molar-refractivity contribution in [2.75, 3.05) is 19.1 Å². The third-order valence-corrected chi connectivity index (χ3v) is 5.16. The van der Waals surface area contributed by atoms with Crippen LogP contribution < -0.4 is 14.9 Å². The molecule has 3 aromatic rings. The van der Waals surface area contributed by atoms with Gasteiger partial charge in [-0.1, -0.05) is 0 Å². The summed E-state index contributed by atoms with van der Waals surface area (Å²) in [5.74, 6) is -0.686. The van der Waals surface area contributed by atoms with Crippen LogP contribution in [0.5, 0.6) is 11.5 Å². The highest BCUT2D eigenvalue weighted by Crippen LogP contribution is 2.29. The molecule has 0 saturated heterocycles. The van der Waals surface area contributed by atoms with Gasteiger partial charge in [0.25, 0.3) is 0 Å². The number of ether oxygens (including phenoxy) is 3. The number of hydrogen-bond donors (Lipinski definition) is 1. The van der Waals surface area contributed by atoms with E-state index in [4.69, 9.17) is 14.2 Å². The van der Waals surface area contributed by atoms with E-state index in [0.717, 1.165) is 18.2 Å².